The summed E-state index contributed by atoms with van der Waals surface area (Å²) in [5.74, 6) is 0.501. The molecule has 0 aliphatic rings. The number of amides is 1. The maximum atomic E-state index is 12.9. The average Bonchev–Trinajstić information content (AvgIpc) is 3.33. The van der Waals surface area contributed by atoms with Crippen molar-refractivity contribution in [2.75, 3.05) is 31.4 Å². The Morgan fingerprint density at radius 1 is 0.973 bits per heavy atom. The molecule has 0 atom stereocenters. The largest absolute Gasteiger partial charge is 0.496 e. The Morgan fingerprint density at radius 3 is 2.41 bits per heavy atom. The van der Waals surface area contributed by atoms with E-state index in [4.69, 9.17) is 9.15 Å². The lowest BCUT2D eigenvalue weighted by Gasteiger charge is -2.14. The third-order valence-corrected chi connectivity index (χ3v) is 6.73. The normalized spacial score (nSPS) is 11.6. The quantitative estimate of drug-likeness (QED) is 0.248. The summed E-state index contributed by atoms with van der Waals surface area (Å²) in [4.78, 5) is 14.9. The predicted octanol–water partition coefficient (Wildman–Crippen LogP) is 7.68. The van der Waals surface area contributed by atoms with E-state index in [1.165, 1.54) is 10.8 Å². The summed E-state index contributed by atoms with van der Waals surface area (Å²) in [7, 11) is 5.61. The number of aryl methyl sites for hydroxylation is 1. The van der Waals surface area contributed by atoms with E-state index < -0.39 is 0 Å². The summed E-state index contributed by atoms with van der Waals surface area (Å²) >= 11 is 0. The van der Waals surface area contributed by atoms with Crippen LogP contribution in [-0.2, 0) is 4.79 Å². The molecule has 1 N–H and O–H groups in total. The molecular formula is C32H30N2O3. The number of benzene rings is 4. The molecule has 1 aromatic heterocycles. The van der Waals surface area contributed by atoms with Crippen molar-refractivity contribution < 1.29 is 13.9 Å². The minimum atomic E-state index is -0.197. The third-order valence-electron chi connectivity index (χ3n) is 6.73. The van der Waals surface area contributed by atoms with E-state index in [0.717, 1.165) is 50.2 Å². The highest BCUT2D eigenvalue weighted by Crippen LogP contribution is 2.41. The Balaban J connectivity index is 1.52. The van der Waals surface area contributed by atoms with Crippen LogP contribution in [0.25, 0.3) is 38.4 Å². The van der Waals surface area contributed by atoms with Crippen molar-refractivity contribution in [3.05, 3.63) is 96.3 Å². The van der Waals surface area contributed by atoms with Crippen LogP contribution in [-0.4, -0.2) is 27.1 Å². The highest BCUT2D eigenvalue weighted by atomic mass is 16.5. The number of fused-ring (bicyclic) bond motifs is 2. The summed E-state index contributed by atoms with van der Waals surface area (Å²) < 4.78 is 11.8. The number of rotatable bonds is 6. The number of methoxy groups -OCH3 is 1. The molecule has 5 nitrogen and oxygen atoms in total. The number of furan rings is 1. The van der Waals surface area contributed by atoms with Crippen molar-refractivity contribution in [1.29, 1.82) is 0 Å². The van der Waals surface area contributed by atoms with Gasteiger partial charge in [0.05, 0.1) is 13.4 Å². The minimum Gasteiger partial charge on any atom is -0.496 e. The van der Waals surface area contributed by atoms with Gasteiger partial charge in [0, 0.05) is 53.6 Å². The van der Waals surface area contributed by atoms with Crippen molar-refractivity contribution in [3.8, 4) is 16.9 Å². The van der Waals surface area contributed by atoms with Gasteiger partial charge in [-0.3, -0.25) is 4.79 Å². The van der Waals surface area contributed by atoms with Crippen LogP contribution in [0.4, 0.5) is 11.4 Å². The molecule has 0 aliphatic heterocycles. The zero-order valence-corrected chi connectivity index (χ0v) is 21.8. The Bertz CT molecular complexity index is 1640. The van der Waals surface area contributed by atoms with Gasteiger partial charge in [0.2, 0.25) is 5.91 Å². The molecule has 0 saturated carbocycles. The topological polar surface area (TPSA) is 54.7 Å². The molecule has 4 aromatic carbocycles. The monoisotopic (exact) mass is 490 g/mol. The lowest BCUT2D eigenvalue weighted by molar-refractivity contribution is -0.111. The van der Waals surface area contributed by atoms with Crippen LogP contribution in [0.2, 0.25) is 0 Å². The lowest BCUT2D eigenvalue weighted by Crippen LogP contribution is -2.10. The van der Waals surface area contributed by atoms with Crippen LogP contribution in [0.3, 0.4) is 0 Å². The number of carbonyl (C=O) groups excluding carboxylic acids is 1. The number of carbonyl (C=O) groups is 1. The van der Waals surface area contributed by atoms with Crippen molar-refractivity contribution in [1.82, 2.24) is 0 Å². The smallest absolute Gasteiger partial charge is 0.248 e. The molecule has 5 aromatic rings. The van der Waals surface area contributed by atoms with Crippen LogP contribution < -0.4 is 15.0 Å². The van der Waals surface area contributed by atoms with Crippen LogP contribution >= 0.6 is 0 Å². The molecule has 186 valence electrons. The van der Waals surface area contributed by atoms with E-state index in [2.05, 4.69) is 41.7 Å². The molecular weight excluding hydrogens is 460 g/mol. The Morgan fingerprint density at radius 2 is 1.70 bits per heavy atom. The minimum absolute atomic E-state index is 0.197. The first-order valence-electron chi connectivity index (χ1n) is 12.2. The third kappa shape index (κ3) is 4.68. The highest BCUT2D eigenvalue weighted by molar-refractivity contribution is 6.06. The summed E-state index contributed by atoms with van der Waals surface area (Å²) in [5, 5.41) is 6.30. The van der Waals surface area contributed by atoms with E-state index in [9.17, 15) is 4.79 Å². The highest BCUT2D eigenvalue weighted by Gasteiger charge is 2.19. The van der Waals surface area contributed by atoms with Gasteiger partial charge in [-0.25, -0.2) is 0 Å². The zero-order chi connectivity index (χ0) is 26.1. The summed E-state index contributed by atoms with van der Waals surface area (Å²) in [6.07, 6.45) is 3.41. The second-order valence-corrected chi connectivity index (χ2v) is 9.43. The number of nitrogens with zero attached hydrogens (tertiary/aromatic N) is 1. The Hall–Kier alpha value is -4.51. The second kappa shape index (κ2) is 9.86. The van der Waals surface area contributed by atoms with Crippen molar-refractivity contribution in [3.63, 3.8) is 0 Å². The van der Waals surface area contributed by atoms with Crippen molar-refractivity contribution >= 4 is 44.6 Å². The maximum Gasteiger partial charge on any atom is 0.248 e. The first-order chi connectivity index (χ1) is 17.9. The van der Waals surface area contributed by atoms with Crippen molar-refractivity contribution in [2.24, 2.45) is 0 Å². The van der Waals surface area contributed by atoms with Gasteiger partial charge in [0.1, 0.15) is 11.3 Å². The number of allylic oxidation sites excluding steroid dienone is 1. The Kier molecular flexibility index (Phi) is 6.45. The summed E-state index contributed by atoms with van der Waals surface area (Å²) in [6, 6.07) is 24.5. The molecule has 0 unspecified atom stereocenters. The molecule has 0 radical (unpaired) electrons. The van der Waals surface area contributed by atoms with Gasteiger partial charge in [0.25, 0.3) is 0 Å². The summed E-state index contributed by atoms with van der Waals surface area (Å²) in [5.41, 5.74) is 7.23. The SMILES string of the molecule is COc1c(/C(C)=C/C(=O)Nc2ccc(N(C)C)cc2)cc2c(-c3ccc4ccccc4c3)coc2c1C. The van der Waals surface area contributed by atoms with Gasteiger partial charge >= 0.3 is 0 Å². The predicted molar refractivity (Wildman–Crippen MR) is 153 cm³/mol. The first-order valence-corrected chi connectivity index (χ1v) is 12.2. The molecule has 0 bridgehead atoms. The number of hydrogen-bond donors (Lipinski definition) is 1. The summed E-state index contributed by atoms with van der Waals surface area (Å²) in [6.45, 7) is 3.91. The first kappa shape index (κ1) is 24.2. The van der Waals surface area contributed by atoms with Crippen molar-refractivity contribution in [2.45, 2.75) is 13.8 Å². The van der Waals surface area contributed by atoms with Crippen LogP contribution in [0.5, 0.6) is 5.75 Å². The lowest BCUT2D eigenvalue weighted by atomic mass is 9.95. The van der Waals surface area contributed by atoms with Gasteiger partial charge in [-0.15, -0.1) is 0 Å². The van der Waals surface area contributed by atoms with Gasteiger partial charge in [-0.2, -0.15) is 0 Å². The van der Waals surface area contributed by atoms with E-state index in [-0.39, 0.29) is 5.91 Å². The molecule has 37 heavy (non-hydrogen) atoms. The molecule has 0 fully saturated rings. The van der Waals surface area contributed by atoms with Gasteiger partial charge in [-0.1, -0.05) is 36.4 Å². The standard InChI is InChI=1S/C32H30N2O3/c1-20(16-30(35)33-25-12-14-26(15-13-25)34(3)4)27-18-28-29(19-37-32(28)21(2)31(27)36-5)24-11-10-22-8-6-7-9-23(22)17-24/h6-19H,1-5H3,(H,33,35)/b20-16+. The zero-order valence-electron chi connectivity index (χ0n) is 21.8. The van der Waals surface area contributed by atoms with Gasteiger partial charge in [0.15, 0.2) is 0 Å². The molecule has 5 rings (SSSR count). The maximum absolute atomic E-state index is 12.9. The fourth-order valence-corrected chi connectivity index (χ4v) is 4.75. The number of nitrogens with one attached hydrogen (secondary N) is 1. The van der Waals surface area contributed by atoms with Crippen LogP contribution in [0.1, 0.15) is 18.1 Å². The van der Waals surface area contributed by atoms with Crippen LogP contribution in [0, 0.1) is 6.92 Å². The van der Waals surface area contributed by atoms with E-state index in [0.29, 0.717) is 5.75 Å². The second-order valence-electron chi connectivity index (χ2n) is 9.43. The van der Waals surface area contributed by atoms with E-state index >= 15 is 0 Å². The number of ether oxygens (including phenoxy) is 1. The molecule has 1 heterocycles. The van der Waals surface area contributed by atoms with E-state index in [1.54, 1.807) is 19.4 Å². The van der Waals surface area contributed by atoms with Gasteiger partial charge < -0.3 is 19.4 Å². The number of hydrogen-bond acceptors (Lipinski definition) is 4. The molecule has 0 aliphatic carbocycles. The van der Waals surface area contributed by atoms with Crippen LogP contribution in [0.15, 0.2) is 89.6 Å². The van der Waals surface area contributed by atoms with E-state index in [1.807, 2.05) is 69.2 Å². The van der Waals surface area contributed by atoms with Gasteiger partial charge in [-0.05, 0) is 72.2 Å². The molecule has 5 heteroatoms. The molecule has 0 saturated heterocycles. The molecule has 1 amide bonds. The average molecular weight is 491 g/mol. The number of anilines is 2. The molecule has 0 spiro atoms. The Labute approximate surface area is 217 Å². The fourth-order valence-electron chi connectivity index (χ4n) is 4.75. The fraction of sp³-hybridized carbons (Fsp3) is 0.156.